The molecule has 2 aliphatic rings. The largest absolute Gasteiger partial charge is 0.493 e. The highest BCUT2D eigenvalue weighted by Crippen LogP contribution is 2.46. The van der Waals surface area contributed by atoms with Gasteiger partial charge in [-0.05, 0) is 60.2 Å². The summed E-state index contributed by atoms with van der Waals surface area (Å²) >= 11 is 0. The third-order valence-electron chi connectivity index (χ3n) is 7.58. The van der Waals surface area contributed by atoms with Crippen molar-refractivity contribution >= 4 is 11.8 Å². The molecule has 0 radical (unpaired) electrons. The molecule has 0 bridgehead atoms. The average molecular weight is 542 g/mol. The van der Waals surface area contributed by atoms with Crippen LogP contribution in [0.5, 0.6) is 11.5 Å². The summed E-state index contributed by atoms with van der Waals surface area (Å²) in [5.74, 6) is -0.656. The Morgan fingerprint density at radius 3 is 2.42 bits per heavy atom. The van der Waals surface area contributed by atoms with Gasteiger partial charge in [0.15, 0.2) is 17.3 Å². The number of Topliss-reactive ketones (excluding diaryl/α,β-unsaturated/α-hetero) is 1. The minimum absolute atomic E-state index is 0.0927. The lowest BCUT2D eigenvalue weighted by molar-refractivity contribution is -0.139. The molecule has 3 aromatic rings. The van der Waals surface area contributed by atoms with Gasteiger partial charge in [0.1, 0.15) is 5.82 Å². The molecular weight excluding hydrogens is 509 g/mol. The van der Waals surface area contributed by atoms with Crippen LogP contribution in [-0.4, -0.2) is 32.6 Å². The first-order valence-electron chi connectivity index (χ1n) is 13.3. The van der Waals surface area contributed by atoms with E-state index in [0.717, 1.165) is 16.8 Å². The number of ketones is 1. The van der Waals surface area contributed by atoms with E-state index in [1.165, 1.54) is 12.1 Å². The SMILES string of the molecule is COc1ccc(C2CC(=O)C3=C(C2)NC(C)=C(C(=O)OCCc2ccccc2)C3c2cccc(F)c2)cc1OC. The van der Waals surface area contributed by atoms with Crippen LogP contribution in [0.2, 0.25) is 0 Å². The molecule has 1 N–H and O–H groups in total. The molecule has 0 saturated carbocycles. The van der Waals surface area contributed by atoms with E-state index in [1.807, 2.05) is 48.5 Å². The third kappa shape index (κ3) is 5.50. The van der Waals surface area contributed by atoms with Gasteiger partial charge in [0.25, 0.3) is 0 Å². The normalized spacial score (nSPS) is 18.6. The molecule has 0 spiro atoms. The van der Waals surface area contributed by atoms with E-state index >= 15 is 0 Å². The summed E-state index contributed by atoms with van der Waals surface area (Å²) in [6, 6.07) is 21.5. The Labute approximate surface area is 233 Å². The van der Waals surface area contributed by atoms with Gasteiger partial charge in [0, 0.05) is 35.7 Å². The van der Waals surface area contributed by atoms with E-state index in [9.17, 15) is 14.0 Å². The summed E-state index contributed by atoms with van der Waals surface area (Å²) in [5, 5.41) is 3.34. The number of hydrogen-bond acceptors (Lipinski definition) is 6. The van der Waals surface area contributed by atoms with E-state index < -0.39 is 17.7 Å². The van der Waals surface area contributed by atoms with Crippen molar-refractivity contribution in [2.75, 3.05) is 20.8 Å². The number of esters is 1. The molecule has 2 atom stereocenters. The van der Waals surface area contributed by atoms with Gasteiger partial charge >= 0.3 is 5.97 Å². The second-order valence-electron chi connectivity index (χ2n) is 10.1. The van der Waals surface area contributed by atoms with Crippen molar-refractivity contribution in [2.24, 2.45) is 0 Å². The zero-order chi connectivity index (χ0) is 28.2. The molecule has 206 valence electrons. The highest BCUT2D eigenvalue weighted by Gasteiger charge is 2.41. The number of hydrogen-bond donors (Lipinski definition) is 1. The Hall–Kier alpha value is -4.39. The van der Waals surface area contributed by atoms with Gasteiger partial charge in [-0.25, -0.2) is 9.18 Å². The van der Waals surface area contributed by atoms with Crippen LogP contribution in [0.25, 0.3) is 0 Å². The highest BCUT2D eigenvalue weighted by molar-refractivity contribution is 6.04. The molecular formula is C33H32FNO5. The smallest absolute Gasteiger partial charge is 0.336 e. The predicted octanol–water partition coefficient (Wildman–Crippen LogP) is 5.99. The van der Waals surface area contributed by atoms with Crippen molar-refractivity contribution < 1.29 is 28.2 Å². The van der Waals surface area contributed by atoms with Gasteiger partial charge < -0.3 is 19.5 Å². The number of rotatable bonds is 8. The van der Waals surface area contributed by atoms with Crippen molar-refractivity contribution in [1.29, 1.82) is 0 Å². The number of ether oxygens (including phenoxy) is 3. The van der Waals surface area contributed by atoms with Gasteiger partial charge in [-0.3, -0.25) is 4.79 Å². The molecule has 0 fully saturated rings. The summed E-state index contributed by atoms with van der Waals surface area (Å²) in [6.07, 6.45) is 1.37. The summed E-state index contributed by atoms with van der Waals surface area (Å²) in [5.41, 5.74) is 4.70. The van der Waals surface area contributed by atoms with Gasteiger partial charge in [0.05, 0.1) is 26.4 Å². The van der Waals surface area contributed by atoms with E-state index in [4.69, 9.17) is 14.2 Å². The van der Waals surface area contributed by atoms with Crippen molar-refractivity contribution in [3.05, 3.63) is 118 Å². The predicted molar refractivity (Wildman–Crippen MR) is 150 cm³/mol. The molecule has 2 unspecified atom stereocenters. The molecule has 6 nitrogen and oxygen atoms in total. The Balaban J connectivity index is 1.46. The lowest BCUT2D eigenvalue weighted by Gasteiger charge is -2.36. The number of carbonyl (C=O) groups excluding carboxylic acids is 2. The maximum Gasteiger partial charge on any atom is 0.336 e. The highest BCUT2D eigenvalue weighted by atomic mass is 19.1. The minimum Gasteiger partial charge on any atom is -0.493 e. The maximum atomic E-state index is 14.4. The van der Waals surface area contributed by atoms with E-state index in [0.29, 0.717) is 46.7 Å². The zero-order valence-electron chi connectivity index (χ0n) is 22.8. The number of halogens is 1. The lowest BCUT2D eigenvalue weighted by atomic mass is 9.71. The molecule has 1 aliphatic heterocycles. The molecule has 0 amide bonds. The molecule has 3 aromatic carbocycles. The van der Waals surface area contributed by atoms with Gasteiger partial charge in [0.2, 0.25) is 0 Å². The standard InChI is InChI=1S/C33H32FNO5/c1-20-30(33(37)40-15-14-21-8-5-4-6-9-21)31(23-10-7-11-25(34)16-23)32-26(35-20)17-24(18-27(32)36)22-12-13-28(38-2)29(19-22)39-3/h4-13,16,19,24,31,35H,14-15,17-18H2,1-3H3. The lowest BCUT2D eigenvalue weighted by Crippen LogP contribution is -2.36. The number of allylic oxidation sites excluding steroid dienone is 3. The Bertz CT molecular complexity index is 1490. The van der Waals surface area contributed by atoms with Gasteiger partial charge in [-0.2, -0.15) is 0 Å². The fraction of sp³-hybridized carbons (Fsp3) is 0.273. The van der Waals surface area contributed by atoms with Crippen molar-refractivity contribution in [1.82, 2.24) is 5.32 Å². The number of nitrogens with one attached hydrogen (secondary N) is 1. The second kappa shape index (κ2) is 11.8. The first-order chi connectivity index (χ1) is 19.4. The number of dihydropyridines is 1. The summed E-state index contributed by atoms with van der Waals surface area (Å²) < 4.78 is 30.9. The molecule has 0 saturated heterocycles. The van der Waals surface area contributed by atoms with Crippen LogP contribution in [0.15, 0.2) is 95.3 Å². The number of benzene rings is 3. The van der Waals surface area contributed by atoms with Gasteiger partial charge in [-0.15, -0.1) is 0 Å². The molecule has 40 heavy (non-hydrogen) atoms. The fourth-order valence-corrected chi connectivity index (χ4v) is 5.66. The summed E-state index contributed by atoms with van der Waals surface area (Å²) in [7, 11) is 3.16. The van der Waals surface area contributed by atoms with Crippen molar-refractivity contribution in [2.45, 2.75) is 38.0 Å². The van der Waals surface area contributed by atoms with Crippen LogP contribution in [-0.2, 0) is 20.7 Å². The molecule has 5 rings (SSSR count). The van der Waals surface area contributed by atoms with Crippen molar-refractivity contribution in [3.63, 3.8) is 0 Å². The van der Waals surface area contributed by atoms with E-state index in [1.54, 1.807) is 33.3 Å². The quantitative estimate of drug-likeness (QED) is 0.353. The van der Waals surface area contributed by atoms with Crippen molar-refractivity contribution in [3.8, 4) is 11.5 Å². The fourth-order valence-electron chi connectivity index (χ4n) is 5.66. The molecule has 0 aromatic heterocycles. The monoisotopic (exact) mass is 541 g/mol. The van der Waals surface area contributed by atoms with Crippen LogP contribution < -0.4 is 14.8 Å². The van der Waals surface area contributed by atoms with E-state index in [2.05, 4.69) is 5.32 Å². The van der Waals surface area contributed by atoms with Crippen LogP contribution in [0.4, 0.5) is 4.39 Å². The van der Waals surface area contributed by atoms with Crippen LogP contribution in [0.1, 0.15) is 48.3 Å². The molecule has 1 heterocycles. The second-order valence-corrected chi connectivity index (χ2v) is 10.1. The summed E-state index contributed by atoms with van der Waals surface area (Å²) in [4.78, 5) is 27.3. The summed E-state index contributed by atoms with van der Waals surface area (Å²) in [6.45, 7) is 1.99. The van der Waals surface area contributed by atoms with E-state index in [-0.39, 0.29) is 24.7 Å². The Kier molecular flexibility index (Phi) is 8.01. The Morgan fingerprint density at radius 1 is 0.925 bits per heavy atom. The minimum atomic E-state index is -0.727. The number of methoxy groups -OCH3 is 2. The number of carbonyl (C=O) groups is 2. The maximum absolute atomic E-state index is 14.4. The first kappa shape index (κ1) is 27.2. The third-order valence-corrected chi connectivity index (χ3v) is 7.58. The molecule has 7 heteroatoms. The first-order valence-corrected chi connectivity index (χ1v) is 13.3. The van der Waals surface area contributed by atoms with Gasteiger partial charge in [-0.1, -0.05) is 48.5 Å². The topological polar surface area (TPSA) is 73.9 Å². The zero-order valence-corrected chi connectivity index (χ0v) is 22.8. The van der Waals surface area contributed by atoms with Crippen LogP contribution >= 0.6 is 0 Å². The Morgan fingerprint density at radius 2 is 1.70 bits per heavy atom. The average Bonchev–Trinajstić information content (AvgIpc) is 2.96. The molecule has 1 aliphatic carbocycles. The van der Waals surface area contributed by atoms with Crippen LogP contribution in [0.3, 0.4) is 0 Å². The van der Waals surface area contributed by atoms with Crippen LogP contribution in [0, 0.1) is 5.82 Å².